The van der Waals surface area contributed by atoms with Crippen molar-refractivity contribution < 1.29 is 33.0 Å². The predicted molar refractivity (Wildman–Crippen MR) is 84.1 cm³/mol. The third-order valence-corrected chi connectivity index (χ3v) is 5.04. The number of nitrogen functional groups attached to an aromatic ring is 1. The fourth-order valence-corrected chi connectivity index (χ4v) is 3.46. The van der Waals surface area contributed by atoms with Crippen molar-refractivity contribution in [2.45, 2.75) is 25.7 Å². The van der Waals surface area contributed by atoms with E-state index in [4.69, 9.17) is 17.3 Å². The molecule has 0 amide bonds. The molecule has 1 aromatic carbocycles. The Bertz CT molecular complexity index is 768. The van der Waals surface area contributed by atoms with Crippen LogP contribution in [-0.2, 0) is 9.59 Å². The van der Waals surface area contributed by atoms with Gasteiger partial charge in [-0.15, -0.1) is 0 Å². The first kappa shape index (κ1) is 19.1. The summed E-state index contributed by atoms with van der Waals surface area (Å²) in [6.07, 6.45) is -2.48. The lowest BCUT2D eigenvalue weighted by atomic mass is 9.59. The molecule has 3 atom stereocenters. The van der Waals surface area contributed by atoms with Crippen molar-refractivity contribution in [1.29, 1.82) is 0 Å². The van der Waals surface area contributed by atoms with Crippen molar-refractivity contribution in [3.63, 3.8) is 0 Å². The van der Waals surface area contributed by atoms with Gasteiger partial charge in [0.15, 0.2) is 0 Å². The Balaban J connectivity index is 2.81. The van der Waals surface area contributed by atoms with Gasteiger partial charge in [0.2, 0.25) is 6.43 Å². The summed E-state index contributed by atoms with van der Waals surface area (Å²) in [4.78, 5) is 23.4. The van der Waals surface area contributed by atoms with Gasteiger partial charge >= 0.3 is 11.9 Å². The fraction of sp³-hybridized carbons (Fsp3) is 0.375. The van der Waals surface area contributed by atoms with Crippen molar-refractivity contribution in [2.75, 3.05) is 5.73 Å². The normalized spacial score (nSPS) is 26.4. The highest BCUT2D eigenvalue weighted by atomic mass is 35.5. The summed E-state index contributed by atoms with van der Waals surface area (Å²) in [5, 5.41) is 18.9. The number of benzene rings is 1. The van der Waals surface area contributed by atoms with Crippen molar-refractivity contribution in [3.8, 4) is 0 Å². The van der Waals surface area contributed by atoms with Gasteiger partial charge in [-0.1, -0.05) is 17.7 Å². The molecule has 136 valence electrons. The SMILES string of the molecule is CC1(C(=O)O)C(c2cc(N)c(Cl)cc2F)C(C(=O)O)=CCC1C(F)F. The Morgan fingerprint density at radius 1 is 1.36 bits per heavy atom. The third-order valence-electron chi connectivity index (χ3n) is 4.71. The van der Waals surface area contributed by atoms with Crippen LogP contribution in [-0.4, -0.2) is 28.6 Å². The molecule has 4 N–H and O–H groups in total. The molecule has 0 saturated heterocycles. The van der Waals surface area contributed by atoms with Crippen LogP contribution in [0.5, 0.6) is 0 Å². The van der Waals surface area contributed by atoms with E-state index < -0.39 is 59.0 Å². The number of hydrogen-bond donors (Lipinski definition) is 3. The first-order valence-electron chi connectivity index (χ1n) is 7.21. The lowest BCUT2D eigenvalue weighted by Crippen LogP contribution is -2.48. The van der Waals surface area contributed by atoms with Crippen LogP contribution < -0.4 is 5.73 Å². The van der Waals surface area contributed by atoms with E-state index in [1.165, 1.54) is 0 Å². The largest absolute Gasteiger partial charge is 0.481 e. The minimum absolute atomic E-state index is 0.116. The van der Waals surface area contributed by atoms with Crippen LogP contribution in [0.25, 0.3) is 0 Å². The van der Waals surface area contributed by atoms with Crippen molar-refractivity contribution in [3.05, 3.63) is 40.2 Å². The van der Waals surface area contributed by atoms with E-state index in [0.29, 0.717) is 0 Å². The van der Waals surface area contributed by atoms with E-state index in [9.17, 15) is 33.0 Å². The summed E-state index contributed by atoms with van der Waals surface area (Å²) in [5.74, 6) is -7.54. The summed E-state index contributed by atoms with van der Waals surface area (Å²) in [6.45, 7) is 0.997. The van der Waals surface area contributed by atoms with Gasteiger partial charge in [-0.3, -0.25) is 4.79 Å². The Labute approximate surface area is 145 Å². The first-order chi connectivity index (χ1) is 11.5. The maximum atomic E-state index is 14.4. The number of hydrogen-bond acceptors (Lipinski definition) is 3. The molecule has 5 nitrogen and oxygen atoms in total. The molecular formula is C16H15ClF3NO4. The van der Waals surface area contributed by atoms with E-state index in [2.05, 4.69) is 0 Å². The summed E-state index contributed by atoms with van der Waals surface area (Å²) in [6, 6.07) is 1.80. The number of carboxylic acids is 2. The van der Waals surface area contributed by atoms with Crippen LogP contribution in [0.3, 0.4) is 0 Å². The number of nitrogens with two attached hydrogens (primary N) is 1. The van der Waals surface area contributed by atoms with E-state index in [1.807, 2.05) is 0 Å². The molecular weight excluding hydrogens is 363 g/mol. The number of alkyl halides is 2. The van der Waals surface area contributed by atoms with Crippen LogP contribution in [0.1, 0.15) is 24.8 Å². The van der Waals surface area contributed by atoms with Crippen molar-refractivity contribution >= 4 is 29.2 Å². The molecule has 0 fully saturated rings. The highest BCUT2D eigenvalue weighted by molar-refractivity contribution is 6.33. The van der Waals surface area contributed by atoms with Gasteiger partial charge < -0.3 is 15.9 Å². The topological polar surface area (TPSA) is 101 Å². The number of rotatable bonds is 4. The molecule has 0 radical (unpaired) electrons. The molecule has 0 saturated carbocycles. The van der Waals surface area contributed by atoms with Crippen molar-refractivity contribution in [1.82, 2.24) is 0 Å². The summed E-state index contributed by atoms with van der Waals surface area (Å²) in [5.41, 5.74) is 2.38. The van der Waals surface area contributed by atoms with Gasteiger partial charge in [0.1, 0.15) is 5.82 Å². The quantitative estimate of drug-likeness (QED) is 0.697. The zero-order valence-corrected chi connectivity index (χ0v) is 13.7. The van der Waals surface area contributed by atoms with Crippen LogP contribution in [0, 0.1) is 17.2 Å². The standard InChI is InChI=1S/C16H15ClF3NO4/c1-16(15(24)25)8(13(19)20)3-2-6(14(22)23)12(16)7-4-11(21)9(17)5-10(7)18/h2,4-5,8,12-13H,3,21H2,1H3,(H,22,23)(H,24,25). The van der Waals surface area contributed by atoms with Gasteiger partial charge in [0, 0.05) is 17.4 Å². The Kier molecular flexibility index (Phi) is 5.04. The Hall–Kier alpha value is -2.22. The zero-order valence-electron chi connectivity index (χ0n) is 13.0. The molecule has 25 heavy (non-hydrogen) atoms. The molecule has 0 aliphatic heterocycles. The summed E-state index contributed by atoms with van der Waals surface area (Å²) < 4.78 is 41.4. The maximum Gasteiger partial charge on any atom is 0.331 e. The monoisotopic (exact) mass is 377 g/mol. The Morgan fingerprint density at radius 2 is 1.96 bits per heavy atom. The highest BCUT2D eigenvalue weighted by Crippen LogP contribution is 2.54. The van der Waals surface area contributed by atoms with E-state index in [-0.39, 0.29) is 10.7 Å². The van der Waals surface area contributed by atoms with Gasteiger partial charge in [-0.2, -0.15) is 0 Å². The molecule has 1 aliphatic rings. The molecule has 0 heterocycles. The van der Waals surface area contributed by atoms with Gasteiger partial charge in [-0.05, 0) is 31.0 Å². The second kappa shape index (κ2) is 6.59. The number of anilines is 1. The molecule has 1 aromatic rings. The van der Waals surface area contributed by atoms with Crippen LogP contribution >= 0.6 is 11.6 Å². The van der Waals surface area contributed by atoms with E-state index >= 15 is 0 Å². The van der Waals surface area contributed by atoms with Gasteiger partial charge in [-0.25, -0.2) is 18.0 Å². The summed E-state index contributed by atoms with van der Waals surface area (Å²) >= 11 is 5.70. The minimum atomic E-state index is -3.04. The van der Waals surface area contributed by atoms with Crippen LogP contribution in [0.2, 0.25) is 5.02 Å². The molecule has 0 spiro atoms. The predicted octanol–water partition coefficient (Wildman–Crippen LogP) is 3.53. The molecule has 0 aromatic heterocycles. The molecule has 9 heteroatoms. The average Bonchev–Trinajstić information content (AvgIpc) is 2.50. The van der Waals surface area contributed by atoms with E-state index in [0.717, 1.165) is 25.1 Å². The Morgan fingerprint density at radius 3 is 2.44 bits per heavy atom. The fourth-order valence-electron chi connectivity index (χ4n) is 3.31. The number of carboxylic acid groups (broad SMARTS) is 2. The van der Waals surface area contributed by atoms with Crippen LogP contribution in [0.15, 0.2) is 23.8 Å². The maximum absolute atomic E-state index is 14.4. The van der Waals surface area contributed by atoms with Crippen LogP contribution in [0.4, 0.5) is 18.9 Å². The van der Waals surface area contributed by atoms with E-state index in [1.54, 1.807) is 0 Å². The van der Waals surface area contributed by atoms with Gasteiger partial charge in [0.25, 0.3) is 0 Å². The van der Waals surface area contributed by atoms with Gasteiger partial charge in [0.05, 0.1) is 16.1 Å². The minimum Gasteiger partial charge on any atom is -0.481 e. The second-order valence-electron chi connectivity index (χ2n) is 6.06. The third kappa shape index (κ3) is 3.06. The molecule has 0 bridgehead atoms. The average molecular weight is 378 g/mol. The lowest BCUT2D eigenvalue weighted by molar-refractivity contribution is -0.158. The molecule has 1 aliphatic carbocycles. The molecule has 2 rings (SSSR count). The van der Waals surface area contributed by atoms with Crippen molar-refractivity contribution in [2.24, 2.45) is 11.3 Å². The number of aliphatic carboxylic acids is 2. The zero-order chi connectivity index (χ0) is 19.1. The molecule has 3 unspecified atom stereocenters. The highest BCUT2D eigenvalue weighted by Gasteiger charge is 2.56. The summed E-state index contributed by atoms with van der Waals surface area (Å²) in [7, 11) is 0. The first-order valence-corrected chi connectivity index (χ1v) is 7.58. The number of halogens is 4. The number of carbonyl (C=O) groups is 2. The smallest absolute Gasteiger partial charge is 0.331 e. The number of allylic oxidation sites excluding steroid dienone is 1. The second-order valence-corrected chi connectivity index (χ2v) is 6.46. The lowest BCUT2D eigenvalue weighted by Gasteiger charge is -2.43.